The molecule has 3 aromatic carbocycles. The lowest BCUT2D eigenvalue weighted by Crippen LogP contribution is -2.31. The molecule has 41 heavy (non-hydrogen) atoms. The fourth-order valence-corrected chi connectivity index (χ4v) is 4.68. The maximum Gasteiger partial charge on any atom is 0.256 e. The maximum atomic E-state index is 14.7. The van der Waals surface area contributed by atoms with Crippen LogP contribution in [0.5, 0.6) is 0 Å². The molecule has 0 saturated heterocycles. The standard InChI is InChI=1S/C30H23F3N6O2/c1-38(2)29(41)21-14-24(33)26(15-23(21)32)37-30-35-9-7-25(36-30)19-11-18-8-10-39(28(18)20(12-19)16-34)27(40)13-17-5-3-4-6-22(17)31/h3-7,9,11-12,14-15H,8,10,13H2,1-2H3,(H,35,36,37). The van der Waals surface area contributed by atoms with Crippen molar-refractivity contribution in [3.05, 3.63) is 100 Å². The van der Waals surface area contributed by atoms with Crippen LogP contribution in [0.3, 0.4) is 0 Å². The van der Waals surface area contributed by atoms with E-state index in [1.807, 2.05) is 0 Å². The molecule has 0 bridgehead atoms. The first kappa shape index (κ1) is 27.3. The first-order valence-corrected chi connectivity index (χ1v) is 12.6. The SMILES string of the molecule is CN(C)C(=O)c1cc(F)c(Nc2nccc(-c3cc(C#N)c4c(c3)CCN4C(=O)Cc3ccccc3F)n2)cc1F. The Morgan fingerprint density at radius 3 is 2.56 bits per heavy atom. The van der Waals surface area contributed by atoms with Crippen molar-refractivity contribution in [1.29, 1.82) is 5.26 Å². The van der Waals surface area contributed by atoms with Gasteiger partial charge < -0.3 is 15.1 Å². The Labute approximate surface area is 233 Å². The van der Waals surface area contributed by atoms with E-state index in [4.69, 9.17) is 0 Å². The molecule has 0 radical (unpaired) electrons. The van der Waals surface area contributed by atoms with Crippen LogP contribution in [0.15, 0.2) is 60.8 Å². The molecule has 11 heteroatoms. The fourth-order valence-electron chi connectivity index (χ4n) is 4.68. The molecule has 0 aliphatic carbocycles. The van der Waals surface area contributed by atoms with E-state index in [0.29, 0.717) is 29.9 Å². The highest BCUT2D eigenvalue weighted by Gasteiger charge is 2.29. The zero-order chi connectivity index (χ0) is 29.3. The molecule has 1 aliphatic rings. The number of benzene rings is 3. The van der Waals surface area contributed by atoms with E-state index in [1.165, 1.54) is 31.3 Å². The molecule has 0 spiro atoms. The molecule has 1 aliphatic heterocycles. The summed E-state index contributed by atoms with van der Waals surface area (Å²) >= 11 is 0. The number of hydrogen-bond donors (Lipinski definition) is 1. The van der Waals surface area contributed by atoms with E-state index in [-0.39, 0.29) is 35.1 Å². The van der Waals surface area contributed by atoms with Gasteiger partial charge in [-0.1, -0.05) is 18.2 Å². The minimum atomic E-state index is -0.907. The normalized spacial score (nSPS) is 12.0. The van der Waals surface area contributed by atoms with Gasteiger partial charge in [0.2, 0.25) is 11.9 Å². The molecule has 206 valence electrons. The highest BCUT2D eigenvalue weighted by molar-refractivity contribution is 5.99. The number of amides is 2. The Morgan fingerprint density at radius 1 is 1.05 bits per heavy atom. The Hall–Kier alpha value is -5.24. The van der Waals surface area contributed by atoms with Crippen molar-refractivity contribution < 1.29 is 22.8 Å². The molecular weight excluding hydrogens is 533 g/mol. The number of nitrogens with zero attached hydrogens (tertiary/aromatic N) is 5. The van der Waals surface area contributed by atoms with Gasteiger partial charge in [-0.25, -0.2) is 23.1 Å². The number of carbonyl (C=O) groups excluding carboxylic acids is 2. The van der Waals surface area contributed by atoms with E-state index >= 15 is 0 Å². The van der Waals surface area contributed by atoms with Gasteiger partial charge in [-0.15, -0.1) is 0 Å². The summed E-state index contributed by atoms with van der Waals surface area (Å²) in [5.74, 6) is -3.27. The summed E-state index contributed by atoms with van der Waals surface area (Å²) < 4.78 is 43.4. The number of rotatable bonds is 6. The summed E-state index contributed by atoms with van der Waals surface area (Å²) in [6.45, 7) is 0.342. The molecule has 0 unspecified atom stereocenters. The summed E-state index contributed by atoms with van der Waals surface area (Å²) in [6.07, 6.45) is 1.77. The Balaban J connectivity index is 1.41. The minimum absolute atomic E-state index is 0.0341. The van der Waals surface area contributed by atoms with Gasteiger partial charge in [-0.2, -0.15) is 5.26 Å². The molecule has 0 saturated carbocycles. The molecule has 1 aromatic heterocycles. The number of halogens is 3. The predicted octanol–water partition coefficient (Wildman–Crippen LogP) is 5.01. The van der Waals surface area contributed by atoms with E-state index in [9.17, 15) is 28.0 Å². The van der Waals surface area contributed by atoms with Crippen molar-refractivity contribution in [2.45, 2.75) is 12.8 Å². The number of carbonyl (C=O) groups is 2. The van der Waals surface area contributed by atoms with Gasteiger partial charge in [0.25, 0.3) is 5.91 Å². The van der Waals surface area contributed by atoms with E-state index in [1.54, 1.807) is 36.4 Å². The van der Waals surface area contributed by atoms with E-state index in [0.717, 1.165) is 22.6 Å². The quantitative estimate of drug-likeness (QED) is 0.358. The second-order valence-corrected chi connectivity index (χ2v) is 9.61. The third-order valence-electron chi connectivity index (χ3n) is 6.68. The minimum Gasteiger partial charge on any atom is -0.345 e. The predicted molar refractivity (Wildman–Crippen MR) is 146 cm³/mol. The van der Waals surface area contributed by atoms with Crippen LogP contribution in [-0.2, 0) is 17.6 Å². The van der Waals surface area contributed by atoms with Gasteiger partial charge in [-0.05, 0) is 47.9 Å². The lowest BCUT2D eigenvalue weighted by Gasteiger charge is -2.19. The molecule has 2 amide bonds. The largest absolute Gasteiger partial charge is 0.345 e. The van der Waals surface area contributed by atoms with Crippen LogP contribution in [0.2, 0.25) is 0 Å². The van der Waals surface area contributed by atoms with Crippen LogP contribution < -0.4 is 10.2 Å². The molecule has 0 atom stereocenters. The fraction of sp³-hybridized carbons (Fsp3) is 0.167. The zero-order valence-electron chi connectivity index (χ0n) is 22.1. The summed E-state index contributed by atoms with van der Waals surface area (Å²) in [7, 11) is 2.87. The van der Waals surface area contributed by atoms with Gasteiger partial charge in [0.1, 0.15) is 23.5 Å². The number of nitrogens with one attached hydrogen (secondary N) is 1. The van der Waals surface area contributed by atoms with Crippen LogP contribution >= 0.6 is 0 Å². The van der Waals surface area contributed by atoms with Crippen molar-refractivity contribution in [3.63, 3.8) is 0 Å². The first-order valence-electron chi connectivity index (χ1n) is 12.6. The zero-order valence-corrected chi connectivity index (χ0v) is 22.1. The Bertz CT molecular complexity index is 1730. The van der Waals surface area contributed by atoms with Crippen LogP contribution in [0.1, 0.15) is 27.0 Å². The van der Waals surface area contributed by atoms with Crippen molar-refractivity contribution in [1.82, 2.24) is 14.9 Å². The first-order chi connectivity index (χ1) is 19.7. The number of hydrogen-bond acceptors (Lipinski definition) is 6. The molecular formula is C30H23F3N6O2. The summed E-state index contributed by atoms with van der Waals surface area (Å²) in [4.78, 5) is 36.3. The molecule has 2 heterocycles. The van der Waals surface area contributed by atoms with Crippen LogP contribution in [-0.4, -0.2) is 47.3 Å². The molecule has 5 rings (SSSR count). The second-order valence-electron chi connectivity index (χ2n) is 9.61. The summed E-state index contributed by atoms with van der Waals surface area (Å²) in [6, 6.07) is 14.9. The highest BCUT2D eigenvalue weighted by atomic mass is 19.1. The molecule has 4 aromatic rings. The van der Waals surface area contributed by atoms with Crippen molar-refractivity contribution >= 4 is 29.1 Å². The van der Waals surface area contributed by atoms with Gasteiger partial charge in [0, 0.05) is 38.5 Å². The van der Waals surface area contributed by atoms with Gasteiger partial charge >= 0.3 is 0 Å². The maximum absolute atomic E-state index is 14.7. The van der Waals surface area contributed by atoms with E-state index < -0.39 is 28.9 Å². The average Bonchev–Trinajstić information content (AvgIpc) is 3.39. The lowest BCUT2D eigenvalue weighted by atomic mass is 10.0. The lowest BCUT2D eigenvalue weighted by molar-refractivity contribution is -0.117. The third kappa shape index (κ3) is 5.45. The summed E-state index contributed by atoms with van der Waals surface area (Å²) in [5.41, 5.74) is 2.06. The number of aromatic nitrogens is 2. The smallest absolute Gasteiger partial charge is 0.256 e. The van der Waals surface area contributed by atoms with Crippen molar-refractivity contribution in [2.75, 3.05) is 30.9 Å². The van der Waals surface area contributed by atoms with Crippen LogP contribution in [0, 0.1) is 28.8 Å². The number of fused-ring (bicyclic) bond motifs is 1. The Morgan fingerprint density at radius 2 is 1.83 bits per heavy atom. The van der Waals surface area contributed by atoms with E-state index in [2.05, 4.69) is 21.4 Å². The van der Waals surface area contributed by atoms with Crippen molar-refractivity contribution in [3.8, 4) is 17.3 Å². The molecule has 1 N–H and O–H groups in total. The highest BCUT2D eigenvalue weighted by Crippen LogP contribution is 2.36. The number of anilines is 3. The topological polar surface area (TPSA) is 102 Å². The second kappa shape index (κ2) is 11.1. The summed E-state index contributed by atoms with van der Waals surface area (Å²) in [5, 5.41) is 12.5. The van der Waals surface area contributed by atoms with Crippen LogP contribution in [0.4, 0.5) is 30.5 Å². The third-order valence-corrected chi connectivity index (χ3v) is 6.68. The average molecular weight is 557 g/mol. The van der Waals surface area contributed by atoms with Gasteiger partial charge in [0.15, 0.2) is 0 Å². The van der Waals surface area contributed by atoms with Gasteiger partial charge in [0.05, 0.1) is 34.6 Å². The van der Waals surface area contributed by atoms with Gasteiger partial charge in [-0.3, -0.25) is 9.59 Å². The Kier molecular flexibility index (Phi) is 7.40. The van der Waals surface area contributed by atoms with Crippen LogP contribution in [0.25, 0.3) is 11.3 Å². The molecule has 8 nitrogen and oxygen atoms in total. The van der Waals surface area contributed by atoms with Crippen molar-refractivity contribution in [2.24, 2.45) is 0 Å². The molecule has 0 fully saturated rings. The monoisotopic (exact) mass is 556 g/mol. The number of nitriles is 1.